The van der Waals surface area contributed by atoms with Gasteiger partial charge in [-0.1, -0.05) is 23.6 Å². The molecule has 2 rings (SSSR count). The van der Waals surface area contributed by atoms with Crippen LogP contribution >= 0.6 is 0 Å². The molecule has 0 aliphatic carbocycles. The van der Waals surface area contributed by atoms with Crippen LogP contribution in [0.15, 0.2) is 24.3 Å². The van der Waals surface area contributed by atoms with Gasteiger partial charge in [-0.25, -0.2) is 4.79 Å². The third-order valence-electron chi connectivity index (χ3n) is 4.53. The van der Waals surface area contributed by atoms with Crippen molar-refractivity contribution in [3.63, 3.8) is 0 Å². The fraction of sp³-hybridized carbons (Fsp3) is 0.471. The van der Waals surface area contributed by atoms with Gasteiger partial charge in [-0.05, 0) is 18.1 Å². The minimum atomic E-state index is -0.134. The van der Waals surface area contributed by atoms with Crippen molar-refractivity contribution in [2.45, 2.75) is 24.7 Å². The summed E-state index contributed by atoms with van der Waals surface area (Å²) in [6, 6.07) is 8.38. The van der Waals surface area contributed by atoms with Crippen LogP contribution in [0.25, 0.3) is 0 Å². The van der Waals surface area contributed by atoms with Crippen LogP contribution in [0.1, 0.15) is 24.8 Å². The van der Waals surface area contributed by atoms with Gasteiger partial charge in [0.15, 0.2) is 0 Å². The van der Waals surface area contributed by atoms with Crippen LogP contribution < -0.4 is 15.5 Å². The van der Waals surface area contributed by atoms with Crippen molar-refractivity contribution in [3.05, 3.63) is 43.7 Å². The average Bonchev–Trinajstić information content (AvgIpc) is 2.55. The number of nitrogens with one attached hydrogen (secondary N) is 2. The number of amides is 2. The summed E-state index contributed by atoms with van der Waals surface area (Å²) in [7, 11) is 1.63. The predicted molar refractivity (Wildman–Crippen MR) is 87.4 cm³/mol. The van der Waals surface area contributed by atoms with E-state index in [2.05, 4.69) is 53.6 Å². The number of rotatable bonds is 5. The van der Waals surface area contributed by atoms with E-state index in [-0.39, 0.29) is 32.5 Å². The minimum Gasteiger partial charge on any atom is -0.370 e. The second kappa shape index (κ2) is 8.57. The molecule has 1 aliphatic heterocycles. The van der Waals surface area contributed by atoms with Gasteiger partial charge >= 0.3 is 27.1 Å². The molecule has 2 amide bonds. The molecule has 4 nitrogen and oxygen atoms in total. The molecule has 0 fully saturated rings. The molecule has 0 bridgehead atoms. The zero-order chi connectivity index (χ0) is 15.3. The van der Waals surface area contributed by atoms with E-state index in [1.165, 1.54) is 11.3 Å². The van der Waals surface area contributed by atoms with Crippen molar-refractivity contribution in [2.75, 3.05) is 31.6 Å². The molecule has 0 saturated heterocycles. The Morgan fingerprint density at radius 2 is 2.00 bits per heavy atom. The van der Waals surface area contributed by atoms with E-state index in [9.17, 15) is 4.79 Å². The SMILES string of the molecule is [CH2-]CC1(C[CH2-])CCN(CCNC(=O)NC)c2ccccc21.[W+2]. The van der Waals surface area contributed by atoms with Gasteiger partial charge in [0.05, 0.1) is 0 Å². The van der Waals surface area contributed by atoms with Crippen molar-refractivity contribution in [2.24, 2.45) is 0 Å². The number of hydrogen-bond acceptors (Lipinski definition) is 2. The number of nitrogens with zero attached hydrogens (tertiary/aromatic N) is 1. The third kappa shape index (κ3) is 3.84. The molecule has 2 N–H and O–H groups in total. The molecule has 0 saturated carbocycles. The number of para-hydroxylation sites is 1. The van der Waals surface area contributed by atoms with Gasteiger partial charge in [-0.3, -0.25) is 0 Å². The van der Waals surface area contributed by atoms with E-state index in [0.29, 0.717) is 6.54 Å². The molecule has 1 heterocycles. The monoisotopic (exact) mass is 471 g/mol. The molecule has 120 valence electrons. The number of fused-ring (bicyclic) bond motifs is 1. The fourth-order valence-corrected chi connectivity index (χ4v) is 3.07. The smallest absolute Gasteiger partial charge is 0.370 e. The first-order valence-electron chi connectivity index (χ1n) is 7.55. The van der Waals surface area contributed by atoms with Gasteiger partial charge < -0.3 is 29.4 Å². The zero-order valence-corrected chi connectivity index (χ0v) is 16.2. The molecule has 0 radical (unpaired) electrons. The fourth-order valence-electron chi connectivity index (χ4n) is 3.07. The summed E-state index contributed by atoms with van der Waals surface area (Å²) in [4.78, 5) is 13.6. The van der Waals surface area contributed by atoms with E-state index in [1.54, 1.807) is 7.05 Å². The Morgan fingerprint density at radius 3 is 2.64 bits per heavy atom. The minimum absolute atomic E-state index is 0. The van der Waals surface area contributed by atoms with Crippen LogP contribution in [-0.4, -0.2) is 32.7 Å². The summed E-state index contributed by atoms with van der Waals surface area (Å²) >= 11 is 0. The number of anilines is 1. The molecule has 1 aromatic rings. The summed E-state index contributed by atoms with van der Waals surface area (Å²) in [5, 5.41) is 5.41. The molecule has 22 heavy (non-hydrogen) atoms. The van der Waals surface area contributed by atoms with Crippen LogP contribution in [0.4, 0.5) is 10.5 Å². The molecule has 0 atom stereocenters. The number of benzene rings is 1. The summed E-state index contributed by atoms with van der Waals surface area (Å²) in [5.74, 6) is 0. The van der Waals surface area contributed by atoms with Crippen LogP contribution in [-0.2, 0) is 26.5 Å². The first-order chi connectivity index (χ1) is 10.2. The molecular formula is C17H25N3OW. The Bertz CT molecular complexity index is 489. The first-order valence-corrected chi connectivity index (χ1v) is 7.55. The van der Waals surface area contributed by atoms with Crippen LogP contribution in [0, 0.1) is 13.8 Å². The second-order valence-corrected chi connectivity index (χ2v) is 5.54. The summed E-state index contributed by atoms with van der Waals surface area (Å²) < 4.78 is 0. The predicted octanol–water partition coefficient (Wildman–Crippen LogP) is 2.51. The molecule has 0 spiro atoms. The average molecular weight is 471 g/mol. The maximum atomic E-state index is 11.2. The summed E-state index contributed by atoms with van der Waals surface area (Å²) in [6.45, 7) is 10.7. The van der Waals surface area contributed by atoms with Gasteiger partial charge in [0.2, 0.25) is 0 Å². The van der Waals surface area contributed by atoms with E-state index in [1.807, 2.05) is 0 Å². The number of carbonyl (C=O) groups is 1. The standard InChI is InChI=1S/C17H25N3O.W/c1-4-17(5-2)10-12-20(13-11-19-16(21)18-3)15-9-7-6-8-14(15)17;/h6-9H,1-2,4-5,10-13H2,3H3,(H2,18,19,21);/q-2;+2. The largest absolute Gasteiger partial charge is 2.00 e. The number of urea groups is 1. The maximum Gasteiger partial charge on any atom is 2.00 e. The Balaban J connectivity index is 0.00000242. The van der Waals surface area contributed by atoms with Crippen molar-refractivity contribution in [1.29, 1.82) is 0 Å². The molecule has 0 unspecified atom stereocenters. The van der Waals surface area contributed by atoms with E-state index >= 15 is 0 Å². The molecule has 5 heteroatoms. The van der Waals surface area contributed by atoms with Crippen LogP contribution in [0.2, 0.25) is 0 Å². The first kappa shape index (κ1) is 19.0. The van der Waals surface area contributed by atoms with E-state index in [0.717, 1.165) is 32.4 Å². The van der Waals surface area contributed by atoms with Crippen LogP contribution in [0.3, 0.4) is 0 Å². The van der Waals surface area contributed by atoms with Crippen LogP contribution in [0.5, 0.6) is 0 Å². The maximum absolute atomic E-state index is 11.2. The molecule has 0 aromatic heterocycles. The van der Waals surface area contributed by atoms with Gasteiger partial charge in [-0.15, -0.1) is 0 Å². The topological polar surface area (TPSA) is 44.4 Å². The quantitative estimate of drug-likeness (QED) is 0.649. The Hall–Kier alpha value is -1.02. The van der Waals surface area contributed by atoms with Gasteiger partial charge in [-0.2, -0.15) is 12.8 Å². The Morgan fingerprint density at radius 1 is 1.32 bits per heavy atom. The zero-order valence-electron chi connectivity index (χ0n) is 13.2. The van der Waals surface area contributed by atoms with Gasteiger partial charge in [0.25, 0.3) is 0 Å². The number of hydrogen-bond donors (Lipinski definition) is 2. The second-order valence-electron chi connectivity index (χ2n) is 5.54. The third-order valence-corrected chi connectivity index (χ3v) is 4.53. The van der Waals surface area contributed by atoms with E-state index in [4.69, 9.17) is 0 Å². The van der Waals surface area contributed by atoms with Crippen molar-refractivity contribution in [3.8, 4) is 0 Å². The summed E-state index contributed by atoms with van der Waals surface area (Å²) in [5.41, 5.74) is 2.71. The molecule has 1 aliphatic rings. The number of carbonyl (C=O) groups excluding carboxylic acids is 1. The van der Waals surface area contributed by atoms with Gasteiger partial charge in [0.1, 0.15) is 0 Å². The van der Waals surface area contributed by atoms with Crippen molar-refractivity contribution >= 4 is 11.7 Å². The van der Waals surface area contributed by atoms with Crippen molar-refractivity contribution < 1.29 is 25.9 Å². The molecule has 1 aromatic carbocycles. The van der Waals surface area contributed by atoms with Gasteiger partial charge in [0, 0.05) is 32.4 Å². The van der Waals surface area contributed by atoms with E-state index < -0.39 is 0 Å². The molecular weight excluding hydrogens is 446 g/mol. The Labute approximate surface area is 148 Å². The summed E-state index contributed by atoms with van der Waals surface area (Å²) in [6.07, 6.45) is 2.81. The normalized spacial score (nSPS) is 15.5. The Kier molecular flexibility index (Phi) is 7.41. The van der Waals surface area contributed by atoms with Crippen molar-refractivity contribution in [1.82, 2.24) is 10.6 Å².